The predicted octanol–water partition coefficient (Wildman–Crippen LogP) is 5.02. The van der Waals surface area contributed by atoms with Crippen molar-refractivity contribution in [1.29, 1.82) is 0 Å². The quantitative estimate of drug-likeness (QED) is 0.167. The van der Waals surface area contributed by atoms with E-state index in [0.29, 0.717) is 35.5 Å². The molecule has 0 saturated heterocycles. The Kier molecular flexibility index (Phi) is 14.3. The summed E-state index contributed by atoms with van der Waals surface area (Å²) < 4.78 is 19.6. The normalized spacial score (nSPS) is 10.7. The van der Waals surface area contributed by atoms with Crippen molar-refractivity contribution in [3.63, 3.8) is 0 Å². The number of ketones is 1. The van der Waals surface area contributed by atoms with Crippen LogP contribution in [0.15, 0.2) is 54.1 Å². The molecule has 8 nitrogen and oxygen atoms in total. The minimum absolute atomic E-state index is 0.0688. The SMILES string of the molecule is CCOC(=O)C/C(C=O)=C(\Cl)c1ccc(OC)cc1.CCOC(=O)CCC(=O)c1ccc(OC)cc1. The van der Waals surface area contributed by atoms with Gasteiger partial charge >= 0.3 is 11.9 Å². The van der Waals surface area contributed by atoms with Crippen LogP contribution in [0.1, 0.15) is 49.0 Å². The van der Waals surface area contributed by atoms with E-state index < -0.39 is 5.97 Å². The van der Waals surface area contributed by atoms with E-state index in [1.165, 1.54) is 0 Å². The molecule has 0 aliphatic rings. The van der Waals surface area contributed by atoms with Gasteiger partial charge in [0.25, 0.3) is 0 Å². The second-order valence-corrected chi connectivity index (χ2v) is 7.50. The molecule has 0 aliphatic heterocycles. The van der Waals surface area contributed by atoms with Crippen molar-refractivity contribution in [2.75, 3.05) is 27.4 Å². The van der Waals surface area contributed by atoms with E-state index in [9.17, 15) is 19.2 Å². The topological polar surface area (TPSA) is 105 Å². The Balaban J connectivity index is 0.000000362. The molecule has 2 aromatic carbocycles. The first-order valence-corrected chi connectivity index (χ1v) is 11.6. The average molecular weight is 519 g/mol. The lowest BCUT2D eigenvalue weighted by Crippen LogP contribution is -2.07. The van der Waals surface area contributed by atoms with Crippen LogP contribution in [-0.2, 0) is 23.9 Å². The molecule has 0 bridgehead atoms. The molecule has 2 aromatic rings. The third-order valence-electron chi connectivity index (χ3n) is 4.68. The van der Waals surface area contributed by atoms with Crippen LogP contribution in [0.5, 0.6) is 11.5 Å². The van der Waals surface area contributed by atoms with Gasteiger partial charge in [-0.15, -0.1) is 0 Å². The molecule has 9 heteroatoms. The van der Waals surface area contributed by atoms with Gasteiger partial charge in [0, 0.05) is 17.6 Å². The van der Waals surface area contributed by atoms with Crippen molar-refractivity contribution in [1.82, 2.24) is 0 Å². The van der Waals surface area contributed by atoms with Crippen LogP contribution < -0.4 is 9.47 Å². The van der Waals surface area contributed by atoms with E-state index in [1.54, 1.807) is 76.6 Å². The van der Waals surface area contributed by atoms with E-state index >= 15 is 0 Å². The van der Waals surface area contributed by atoms with E-state index in [1.807, 2.05) is 0 Å². The molecule has 194 valence electrons. The number of hydrogen-bond acceptors (Lipinski definition) is 8. The summed E-state index contributed by atoms with van der Waals surface area (Å²) >= 11 is 6.11. The van der Waals surface area contributed by atoms with Crippen LogP contribution >= 0.6 is 11.6 Å². The summed E-state index contributed by atoms with van der Waals surface area (Å²) in [6, 6.07) is 13.7. The Hall–Kier alpha value is -3.65. The number of benzene rings is 2. The van der Waals surface area contributed by atoms with Crippen LogP contribution in [-0.4, -0.2) is 51.4 Å². The Morgan fingerprint density at radius 1 is 0.750 bits per heavy atom. The average Bonchev–Trinajstić information content (AvgIpc) is 2.90. The smallest absolute Gasteiger partial charge is 0.310 e. The number of hydrogen-bond donors (Lipinski definition) is 0. The van der Waals surface area contributed by atoms with Gasteiger partial charge < -0.3 is 18.9 Å². The summed E-state index contributed by atoms with van der Waals surface area (Å²) in [7, 11) is 3.13. The Bertz CT molecular complexity index is 1030. The van der Waals surface area contributed by atoms with Gasteiger partial charge in [-0.25, -0.2) is 0 Å². The molecule has 0 atom stereocenters. The third kappa shape index (κ3) is 10.7. The minimum Gasteiger partial charge on any atom is -0.497 e. The summed E-state index contributed by atoms with van der Waals surface area (Å²) in [5, 5.41) is 0.241. The maximum absolute atomic E-state index is 11.7. The van der Waals surface area contributed by atoms with Crippen LogP contribution in [0.4, 0.5) is 0 Å². The zero-order valence-corrected chi connectivity index (χ0v) is 21.6. The minimum atomic E-state index is -0.476. The number of carbonyl (C=O) groups is 4. The number of esters is 2. The summed E-state index contributed by atoms with van der Waals surface area (Å²) in [6.45, 7) is 4.05. The zero-order valence-electron chi connectivity index (χ0n) is 20.9. The fourth-order valence-corrected chi connectivity index (χ4v) is 3.07. The van der Waals surface area contributed by atoms with Gasteiger partial charge in [0.2, 0.25) is 0 Å². The number of ether oxygens (including phenoxy) is 4. The van der Waals surface area contributed by atoms with E-state index in [4.69, 9.17) is 30.5 Å². The maximum Gasteiger partial charge on any atom is 0.310 e. The third-order valence-corrected chi connectivity index (χ3v) is 5.14. The van der Waals surface area contributed by atoms with Gasteiger partial charge in [0.15, 0.2) is 5.78 Å². The number of aldehydes is 1. The highest BCUT2D eigenvalue weighted by molar-refractivity contribution is 6.50. The highest BCUT2D eigenvalue weighted by atomic mass is 35.5. The summed E-state index contributed by atoms with van der Waals surface area (Å²) in [4.78, 5) is 45.2. The van der Waals surface area contributed by atoms with Crippen LogP contribution in [0.3, 0.4) is 0 Å². The van der Waals surface area contributed by atoms with Crippen molar-refractivity contribution in [3.05, 3.63) is 65.2 Å². The number of halogens is 1. The largest absolute Gasteiger partial charge is 0.497 e. The zero-order chi connectivity index (χ0) is 26.9. The molecule has 0 spiro atoms. The fourth-order valence-electron chi connectivity index (χ4n) is 2.83. The summed E-state index contributed by atoms with van der Waals surface area (Å²) in [5.74, 6) is 0.504. The first kappa shape index (κ1) is 30.4. The standard InChI is InChI=1S/C14H15ClO4.C13H16O4/c1-3-19-13(17)8-11(9-16)14(15)10-4-6-12(18-2)7-5-10;1-3-17-13(15)9-8-12(14)10-4-6-11(16-2)7-5-10/h4-7,9H,3,8H2,1-2H3;4-7H,3,8-9H2,1-2H3/b14-11+;. The van der Waals surface area contributed by atoms with Crippen molar-refractivity contribution in [3.8, 4) is 11.5 Å². The van der Waals surface area contributed by atoms with Crippen LogP contribution in [0, 0.1) is 0 Å². The van der Waals surface area contributed by atoms with Crippen molar-refractivity contribution >= 4 is 40.6 Å². The van der Waals surface area contributed by atoms with Gasteiger partial charge in [0.1, 0.15) is 17.8 Å². The van der Waals surface area contributed by atoms with Crippen molar-refractivity contribution in [2.24, 2.45) is 0 Å². The summed E-state index contributed by atoms with van der Waals surface area (Å²) in [6.07, 6.45) is 0.732. The molecule has 0 N–H and O–H groups in total. The molecule has 0 radical (unpaired) electrons. The molecular formula is C27H31ClO8. The van der Waals surface area contributed by atoms with E-state index in [-0.39, 0.29) is 48.2 Å². The first-order chi connectivity index (χ1) is 17.3. The maximum atomic E-state index is 11.7. The Morgan fingerprint density at radius 2 is 1.22 bits per heavy atom. The number of methoxy groups -OCH3 is 2. The van der Waals surface area contributed by atoms with Crippen molar-refractivity contribution in [2.45, 2.75) is 33.1 Å². The lowest BCUT2D eigenvalue weighted by molar-refractivity contribution is -0.143. The van der Waals surface area contributed by atoms with E-state index in [2.05, 4.69) is 0 Å². The Morgan fingerprint density at radius 3 is 1.67 bits per heavy atom. The number of rotatable bonds is 12. The summed E-state index contributed by atoms with van der Waals surface area (Å²) in [5.41, 5.74) is 1.43. The predicted molar refractivity (Wildman–Crippen MR) is 136 cm³/mol. The van der Waals surface area contributed by atoms with Crippen molar-refractivity contribution < 1.29 is 38.1 Å². The molecule has 0 fully saturated rings. The monoisotopic (exact) mass is 518 g/mol. The molecular weight excluding hydrogens is 488 g/mol. The molecule has 0 heterocycles. The molecule has 0 aliphatic carbocycles. The molecule has 0 aromatic heterocycles. The molecule has 2 rings (SSSR count). The lowest BCUT2D eigenvalue weighted by atomic mass is 10.1. The molecule has 0 amide bonds. The first-order valence-electron chi connectivity index (χ1n) is 11.3. The molecule has 0 saturated carbocycles. The highest BCUT2D eigenvalue weighted by Gasteiger charge is 2.12. The second-order valence-electron chi connectivity index (χ2n) is 7.12. The Labute approximate surface area is 216 Å². The van der Waals surface area contributed by atoms with Gasteiger partial charge in [-0.3, -0.25) is 19.2 Å². The van der Waals surface area contributed by atoms with Gasteiger partial charge in [0.05, 0.1) is 45.3 Å². The van der Waals surface area contributed by atoms with Gasteiger partial charge in [-0.05, 0) is 67.9 Å². The van der Waals surface area contributed by atoms with Crippen LogP contribution in [0.25, 0.3) is 5.03 Å². The molecule has 36 heavy (non-hydrogen) atoms. The van der Waals surface area contributed by atoms with E-state index in [0.717, 1.165) is 0 Å². The highest BCUT2D eigenvalue weighted by Crippen LogP contribution is 2.26. The molecule has 0 unspecified atom stereocenters. The number of carbonyl (C=O) groups excluding carboxylic acids is 4. The number of Topliss-reactive ketones (excluding diaryl/α,β-unsaturated/α-hetero) is 1. The second kappa shape index (κ2) is 16.9. The fraction of sp³-hybridized carbons (Fsp3) is 0.333. The van der Waals surface area contributed by atoms with Gasteiger partial charge in [-0.2, -0.15) is 0 Å². The van der Waals surface area contributed by atoms with Gasteiger partial charge in [-0.1, -0.05) is 11.6 Å². The lowest BCUT2D eigenvalue weighted by Gasteiger charge is -2.06. The van der Waals surface area contributed by atoms with Crippen LogP contribution in [0.2, 0.25) is 0 Å².